The molecular weight excluding hydrogens is 282 g/mol. The highest BCUT2D eigenvalue weighted by Gasteiger charge is 2.37. The van der Waals surface area contributed by atoms with E-state index in [9.17, 15) is 0 Å². The van der Waals surface area contributed by atoms with Crippen molar-refractivity contribution < 1.29 is 4.74 Å². The second-order valence-corrected chi connectivity index (χ2v) is 5.78. The van der Waals surface area contributed by atoms with Gasteiger partial charge in [0.2, 0.25) is 0 Å². The van der Waals surface area contributed by atoms with Crippen molar-refractivity contribution in [1.29, 1.82) is 0 Å². The molecular formula is C18H20ClNO. The van der Waals surface area contributed by atoms with E-state index in [-0.39, 0.29) is 12.4 Å². The van der Waals surface area contributed by atoms with Gasteiger partial charge in [0.15, 0.2) is 0 Å². The molecule has 2 nitrogen and oxygen atoms in total. The van der Waals surface area contributed by atoms with E-state index >= 15 is 0 Å². The lowest BCUT2D eigenvalue weighted by atomic mass is 10.1. The van der Waals surface area contributed by atoms with Gasteiger partial charge in [-0.3, -0.25) is 0 Å². The molecule has 1 N–H and O–H groups in total. The van der Waals surface area contributed by atoms with E-state index in [0.717, 1.165) is 25.3 Å². The third-order valence-corrected chi connectivity index (χ3v) is 4.34. The molecule has 1 saturated carbocycles. The summed E-state index contributed by atoms with van der Waals surface area (Å²) in [5, 5.41) is 3.67. The number of ether oxygens (including phenoxy) is 1. The molecule has 1 heterocycles. The number of benzene rings is 2. The Morgan fingerprint density at radius 3 is 2.81 bits per heavy atom. The maximum Gasteiger partial charge on any atom is 0.122 e. The summed E-state index contributed by atoms with van der Waals surface area (Å²) in [5.41, 5.74) is 4.19. The Labute approximate surface area is 131 Å². The second kappa shape index (κ2) is 6.08. The fourth-order valence-corrected chi connectivity index (χ4v) is 3.09. The predicted octanol–water partition coefficient (Wildman–Crippen LogP) is 3.69. The van der Waals surface area contributed by atoms with E-state index in [1.807, 2.05) is 0 Å². The molecule has 1 aliphatic carbocycles. The summed E-state index contributed by atoms with van der Waals surface area (Å²) < 4.78 is 5.55. The predicted molar refractivity (Wildman–Crippen MR) is 87.3 cm³/mol. The molecule has 2 aromatic rings. The maximum absolute atomic E-state index is 5.55. The molecule has 0 aromatic heterocycles. The normalized spacial score (nSPS) is 22.1. The maximum atomic E-state index is 5.55. The highest BCUT2D eigenvalue weighted by Crippen LogP contribution is 2.40. The first kappa shape index (κ1) is 14.4. The van der Waals surface area contributed by atoms with Crippen LogP contribution in [-0.2, 0) is 13.0 Å². The van der Waals surface area contributed by atoms with Crippen LogP contribution >= 0.6 is 12.4 Å². The lowest BCUT2D eigenvalue weighted by molar-refractivity contribution is 0.357. The largest absolute Gasteiger partial charge is 0.493 e. The van der Waals surface area contributed by atoms with Gasteiger partial charge in [0.1, 0.15) is 5.75 Å². The average Bonchev–Trinajstić information content (AvgIpc) is 3.13. The highest BCUT2D eigenvalue weighted by molar-refractivity contribution is 5.85. The first-order valence-corrected chi connectivity index (χ1v) is 7.43. The van der Waals surface area contributed by atoms with Crippen molar-refractivity contribution >= 4 is 12.4 Å². The summed E-state index contributed by atoms with van der Waals surface area (Å²) >= 11 is 0. The van der Waals surface area contributed by atoms with Crippen LogP contribution in [0.4, 0.5) is 0 Å². The van der Waals surface area contributed by atoms with Crippen LogP contribution in [-0.4, -0.2) is 12.6 Å². The molecule has 0 bridgehead atoms. The molecule has 2 aromatic carbocycles. The van der Waals surface area contributed by atoms with Crippen LogP contribution < -0.4 is 10.1 Å². The minimum atomic E-state index is 0. The Morgan fingerprint density at radius 1 is 1.10 bits per heavy atom. The first-order valence-electron chi connectivity index (χ1n) is 7.43. The number of hydrogen-bond acceptors (Lipinski definition) is 2. The van der Waals surface area contributed by atoms with Crippen molar-refractivity contribution in [2.24, 2.45) is 0 Å². The quantitative estimate of drug-likeness (QED) is 0.930. The Morgan fingerprint density at radius 2 is 1.95 bits per heavy atom. The van der Waals surface area contributed by atoms with Gasteiger partial charge in [-0.1, -0.05) is 42.5 Å². The van der Waals surface area contributed by atoms with Gasteiger partial charge in [-0.15, -0.1) is 12.4 Å². The molecule has 21 heavy (non-hydrogen) atoms. The van der Waals surface area contributed by atoms with Gasteiger partial charge < -0.3 is 10.1 Å². The van der Waals surface area contributed by atoms with Crippen LogP contribution in [0.25, 0.3) is 0 Å². The lowest BCUT2D eigenvalue weighted by Gasteiger charge is -2.06. The van der Waals surface area contributed by atoms with Crippen LogP contribution in [0.15, 0.2) is 48.5 Å². The third kappa shape index (κ3) is 3.07. The number of nitrogens with one attached hydrogen (secondary N) is 1. The van der Waals surface area contributed by atoms with E-state index < -0.39 is 0 Å². The van der Waals surface area contributed by atoms with Gasteiger partial charge in [0.05, 0.1) is 6.61 Å². The van der Waals surface area contributed by atoms with E-state index in [2.05, 4.69) is 53.8 Å². The molecule has 110 valence electrons. The van der Waals surface area contributed by atoms with Gasteiger partial charge in [0.25, 0.3) is 0 Å². The minimum Gasteiger partial charge on any atom is -0.493 e. The summed E-state index contributed by atoms with van der Waals surface area (Å²) in [5.74, 6) is 1.77. The zero-order valence-electron chi connectivity index (χ0n) is 11.9. The lowest BCUT2D eigenvalue weighted by Crippen LogP contribution is -2.17. The molecule has 0 radical (unpaired) electrons. The minimum absolute atomic E-state index is 0. The number of fused-ring (bicyclic) bond motifs is 1. The fourth-order valence-electron chi connectivity index (χ4n) is 3.09. The van der Waals surface area contributed by atoms with Crippen molar-refractivity contribution in [3.8, 4) is 5.75 Å². The van der Waals surface area contributed by atoms with Crippen LogP contribution in [0.2, 0.25) is 0 Å². The Hall–Kier alpha value is -1.51. The van der Waals surface area contributed by atoms with E-state index in [1.165, 1.54) is 23.1 Å². The molecule has 0 amide bonds. The SMILES string of the molecule is Cl.c1ccc(C2CC2NCc2ccc3c(c2)CCO3)cc1. The van der Waals surface area contributed by atoms with Gasteiger partial charge in [0, 0.05) is 24.9 Å². The summed E-state index contributed by atoms with van der Waals surface area (Å²) in [4.78, 5) is 0. The van der Waals surface area contributed by atoms with Crippen LogP contribution in [0.1, 0.15) is 29.0 Å². The topological polar surface area (TPSA) is 21.3 Å². The van der Waals surface area contributed by atoms with Crippen LogP contribution in [0, 0.1) is 0 Å². The van der Waals surface area contributed by atoms with Gasteiger partial charge in [-0.25, -0.2) is 0 Å². The molecule has 2 aliphatic rings. The standard InChI is InChI=1S/C18H19NO.ClH/c1-2-4-14(5-3-1)16-11-17(16)19-12-13-6-7-18-15(10-13)8-9-20-18;/h1-7,10,16-17,19H,8-9,11-12H2;1H. The molecule has 2 atom stereocenters. The summed E-state index contributed by atoms with van der Waals surface area (Å²) in [6.45, 7) is 1.80. The first-order chi connectivity index (χ1) is 9.90. The van der Waals surface area contributed by atoms with Crippen molar-refractivity contribution in [2.75, 3.05) is 6.61 Å². The van der Waals surface area contributed by atoms with Crippen molar-refractivity contribution in [3.63, 3.8) is 0 Å². The number of halogens is 1. The van der Waals surface area contributed by atoms with Crippen molar-refractivity contribution in [1.82, 2.24) is 5.32 Å². The molecule has 3 heteroatoms. The van der Waals surface area contributed by atoms with E-state index in [1.54, 1.807) is 0 Å². The van der Waals surface area contributed by atoms with Gasteiger partial charge in [-0.05, 0) is 29.2 Å². The zero-order chi connectivity index (χ0) is 13.4. The molecule has 0 spiro atoms. The molecule has 0 saturated heterocycles. The van der Waals surface area contributed by atoms with Gasteiger partial charge >= 0.3 is 0 Å². The second-order valence-electron chi connectivity index (χ2n) is 5.78. The summed E-state index contributed by atoms with van der Waals surface area (Å²) in [6, 6.07) is 18.0. The molecule has 1 fully saturated rings. The molecule has 2 unspecified atom stereocenters. The summed E-state index contributed by atoms with van der Waals surface area (Å²) in [6.07, 6.45) is 2.32. The molecule has 4 rings (SSSR count). The Bertz CT molecular complexity index is 614. The smallest absolute Gasteiger partial charge is 0.122 e. The van der Waals surface area contributed by atoms with Crippen molar-refractivity contribution in [2.45, 2.75) is 31.3 Å². The highest BCUT2D eigenvalue weighted by atomic mass is 35.5. The Balaban J connectivity index is 0.00000132. The summed E-state index contributed by atoms with van der Waals surface area (Å²) in [7, 11) is 0. The zero-order valence-corrected chi connectivity index (χ0v) is 12.7. The molecule has 1 aliphatic heterocycles. The van der Waals surface area contributed by atoms with Crippen LogP contribution in [0.5, 0.6) is 5.75 Å². The van der Waals surface area contributed by atoms with E-state index in [4.69, 9.17) is 4.74 Å². The number of rotatable bonds is 4. The monoisotopic (exact) mass is 301 g/mol. The van der Waals surface area contributed by atoms with Crippen molar-refractivity contribution in [3.05, 3.63) is 65.2 Å². The van der Waals surface area contributed by atoms with Gasteiger partial charge in [-0.2, -0.15) is 0 Å². The van der Waals surface area contributed by atoms with Crippen LogP contribution in [0.3, 0.4) is 0 Å². The fraction of sp³-hybridized carbons (Fsp3) is 0.333. The third-order valence-electron chi connectivity index (χ3n) is 4.34. The Kier molecular flexibility index (Phi) is 4.18. The van der Waals surface area contributed by atoms with E-state index in [0.29, 0.717) is 12.0 Å². The number of hydrogen-bond donors (Lipinski definition) is 1. The average molecular weight is 302 g/mol.